The second kappa shape index (κ2) is 6.11. The van der Waals surface area contributed by atoms with Crippen molar-refractivity contribution in [2.45, 2.75) is 36.6 Å². The van der Waals surface area contributed by atoms with Gasteiger partial charge in [0.2, 0.25) is 10.0 Å². The smallest absolute Gasteiger partial charge is 0.249 e. The van der Waals surface area contributed by atoms with Gasteiger partial charge in [0, 0.05) is 18.3 Å². The fourth-order valence-electron chi connectivity index (χ4n) is 2.71. The Morgan fingerprint density at radius 3 is 2.29 bits per heavy atom. The molecule has 0 amide bonds. The molecular formula is C14H18F2N2O2S. The third-order valence-electron chi connectivity index (χ3n) is 3.63. The molecule has 116 valence electrons. The van der Waals surface area contributed by atoms with E-state index in [1.54, 1.807) is 0 Å². The molecule has 0 unspecified atom stereocenters. The predicted octanol–water partition coefficient (Wildman–Crippen LogP) is 2.67. The van der Waals surface area contributed by atoms with Crippen molar-refractivity contribution < 1.29 is 17.2 Å². The highest BCUT2D eigenvalue weighted by molar-refractivity contribution is 7.89. The highest BCUT2D eigenvalue weighted by Crippen LogP contribution is 2.31. The van der Waals surface area contributed by atoms with E-state index in [0.717, 1.165) is 29.3 Å². The topological polar surface area (TPSA) is 63.4 Å². The first-order chi connectivity index (χ1) is 9.87. The van der Waals surface area contributed by atoms with Gasteiger partial charge < -0.3 is 5.73 Å². The number of nitrogens with zero attached hydrogens (tertiary/aromatic N) is 1. The van der Waals surface area contributed by atoms with Gasteiger partial charge in [-0.25, -0.2) is 17.2 Å². The van der Waals surface area contributed by atoms with Crippen LogP contribution in [-0.2, 0) is 10.0 Å². The van der Waals surface area contributed by atoms with Crippen LogP contribution in [0.2, 0.25) is 0 Å². The van der Waals surface area contributed by atoms with Crippen LogP contribution in [0.15, 0.2) is 29.7 Å². The summed E-state index contributed by atoms with van der Waals surface area (Å²) in [7, 11) is -4.27. The molecule has 0 atom stereocenters. The number of hydrogen-bond donors (Lipinski definition) is 1. The van der Waals surface area contributed by atoms with Crippen molar-refractivity contribution in [1.82, 2.24) is 4.31 Å². The van der Waals surface area contributed by atoms with Crippen LogP contribution in [0, 0.1) is 11.6 Å². The van der Waals surface area contributed by atoms with E-state index in [-0.39, 0.29) is 18.3 Å². The Hall–Kier alpha value is -1.47. The Morgan fingerprint density at radius 2 is 1.81 bits per heavy atom. The lowest BCUT2D eigenvalue weighted by atomic mass is 10.2. The Bertz CT molecular complexity index is 617. The lowest BCUT2D eigenvalue weighted by molar-refractivity contribution is 0.343. The molecule has 1 aliphatic rings. The molecule has 1 fully saturated rings. The maximum Gasteiger partial charge on any atom is 0.249 e. The van der Waals surface area contributed by atoms with Crippen molar-refractivity contribution in [3.05, 3.63) is 36.4 Å². The Labute approximate surface area is 123 Å². The van der Waals surface area contributed by atoms with Crippen molar-refractivity contribution in [1.29, 1.82) is 0 Å². The zero-order valence-electron chi connectivity index (χ0n) is 11.6. The van der Waals surface area contributed by atoms with Crippen molar-refractivity contribution in [3.63, 3.8) is 0 Å². The van der Waals surface area contributed by atoms with Gasteiger partial charge in [0.15, 0.2) is 4.90 Å². The summed E-state index contributed by atoms with van der Waals surface area (Å²) in [5, 5.41) is 0. The summed E-state index contributed by atoms with van der Waals surface area (Å²) in [5.74, 6) is -2.33. The molecule has 0 heterocycles. The molecule has 0 spiro atoms. The van der Waals surface area contributed by atoms with E-state index in [9.17, 15) is 17.2 Å². The van der Waals surface area contributed by atoms with Gasteiger partial charge in [-0.2, -0.15) is 4.31 Å². The van der Waals surface area contributed by atoms with E-state index >= 15 is 0 Å². The number of sulfonamides is 1. The summed E-state index contributed by atoms with van der Waals surface area (Å²) in [6, 6.07) is 1.39. The lowest BCUT2D eigenvalue weighted by Crippen LogP contribution is -2.39. The van der Waals surface area contributed by atoms with Crippen LogP contribution in [0.25, 0.3) is 0 Å². The molecule has 0 aliphatic heterocycles. The quantitative estimate of drug-likeness (QED) is 0.671. The highest BCUT2D eigenvalue weighted by atomic mass is 32.2. The number of hydrogen-bond acceptors (Lipinski definition) is 3. The molecule has 0 radical (unpaired) electrons. The van der Waals surface area contributed by atoms with Gasteiger partial charge in [-0.1, -0.05) is 18.9 Å². The largest absolute Gasteiger partial charge is 0.399 e. The molecule has 4 nitrogen and oxygen atoms in total. The number of nitrogens with two attached hydrogens (primary N) is 1. The van der Waals surface area contributed by atoms with Gasteiger partial charge in [-0.15, -0.1) is 6.58 Å². The van der Waals surface area contributed by atoms with E-state index in [4.69, 9.17) is 5.73 Å². The maximum absolute atomic E-state index is 13.9. The minimum absolute atomic E-state index is 0.0241. The third kappa shape index (κ3) is 3.08. The van der Waals surface area contributed by atoms with Gasteiger partial charge in [-0.05, 0) is 25.0 Å². The molecule has 1 aromatic rings. The number of nitrogen functional groups attached to an aromatic ring is 1. The third-order valence-corrected chi connectivity index (χ3v) is 5.60. The first-order valence-electron chi connectivity index (χ1n) is 6.75. The standard InChI is InChI=1S/C14H18F2N2O2S/c1-2-7-18(11-5-3-4-6-11)21(19,20)14-12(15)8-10(17)9-13(14)16/h2,8-9,11H,1,3-7,17H2. The fraction of sp³-hybridized carbons (Fsp3) is 0.429. The summed E-state index contributed by atoms with van der Waals surface area (Å²) in [6.45, 7) is 3.55. The van der Waals surface area contributed by atoms with Crippen molar-refractivity contribution >= 4 is 15.7 Å². The van der Waals surface area contributed by atoms with Crippen molar-refractivity contribution in [2.24, 2.45) is 0 Å². The first-order valence-corrected chi connectivity index (χ1v) is 8.19. The van der Waals surface area contributed by atoms with E-state index in [2.05, 4.69) is 6.58 Å². The van der Waals surface area contributed by atoms with Gasteiger partial charge >= 0.3 is 0 Å². The number of rotatable bonds is 5. The van der Waals surface area contributed by atoms with Crippen LogP contribution in [0.5, 0.6) is 0 Å². The summed E-state index contributed by atoms with van der Waals surface area (Å²) >= 11 is 0. The zero-order chi connectivity index (χ0) is 15.6. The van der Waals surface area contributed by atoms with Crippen molar-refractivity contribution in [2.75, 3.05) is 12.3 Å². The Kier molecular flexibility index (Phi) is 4.63. The minimum Gasteiger partial charge on any atom is -0.399 e. The summed E-state index contributed by atoms with van der Waals surface area (Å²) in [5.41, 5.74) is 5.17. The average Bonchev–Trinajstić information content (AvgIpc) is 2.87. The summed E-state index contributed by atoms with van der Waals surface area (Å²) in [4.78, 5) is -0.939. The number of halogens is 2. The molecule has 2 rings (SSSR count). The zero-order valence-corrected chi connectivity index (χ0v) is 12.4. The van der Waals surface area contributed by atoms with Gasteiger partial charge in [0.05, 0.1) is 0 Å². The second-order valence-corrected chi connectivity index (χ2v) is 6.94. The molecular weight excluding hydrogens is 298 g/mol. The normalized spacial score (nSPS) is 16.5. The van der Waals surface area contributed by atoms with E-state index in [1.165, 1.54) is 6.08 Å². The maximum atomic E-state index is 13.9. The second-order valence-electron chi connectivity index (χ2n) is 5.12. The fourth-order valence-corrected chi connectivity index (χ4v) is 4.46. The molecule has 7 heteroatoms. The molecule has 1 aromatic carbocycles. The molecule has 0 bridgehead atoms. The van der Waals surface area contributed by atoms with E-state index < -0.39 is 26.6 Å². The summed E-state index contributed by atoms with van der Waals surface area (Å²) < 4.78 is 54.3. The Morgan fingerprint density at radius 1 is 1.29 bits per heavy atom. The van der Waals surface area contributed by atoms with Crippen LogP contribution < -0.4 is 5.73 Å². The van der Waals surface area contributed by atoms with Crippen LogP contribution in [0.4, 0.5) is 14.5 Å². The van der Waals surface area contributed by atoms with Crippen molar-refractivity contribution in [3.8, 4) is 0 Å². The van der Waals surface area contributed by atoms with Gasteiger partial charge in [0.1, 0.15) is 11.6 Å². The molecule has 1 aliphatic carbocycles. The highest BCUT2D eigenvalue weighted by Gasteiger charge is 2.36. The van der Waals surface area contributed by atoms with E-state index in [0.29, 0.717) is 12.8 Å². The van der Waals surface area contributed by atoms with E-state index in [1.807, 2.05) is 0 Å². The molecule has 1 saturated carbocycles. The lowest BCUT2D eigenvalue weighted by Gasteiger charge is -2.27. The summed E-state index contributed by atoms with van der Waals surface area (Å²) in [6.07, 6.45) is 4.60. The number of benzene rings is 1. The predicted molar refractivity (Wildman–Crippen MR) is 77.1 cm³/mol. The molecule has 21 heavy (non-hydrogen) atoms. The van der Waals surface area contributed by atoms with Gasteiger partial charge in [0.25, 0.3) is 0 Å². The van der Waals surface area contributed by atoms with Crippen LogP contribution in [0.3, 0.4) is 0 Å². The van der Waals surface area contributed by atoms with Crippen LogP contribution in [0.1, 0.15) is 25.7 Å². The molecule has 0 saturated heterocycles. The van der Waals surface area contributed by atoms with Crippen LogP contribution in [-0.4, -0.2) is 25.3 Å². The Balaban J connectivity index is 2.50. The average molecular weight is 316 g/mol. The number of anilines is 1. The van der Waals surface area contributed by atoms with Gasteiger partial charge in [-0.3, -0.25) is 0 Å². The monoisotopic (exact) mass is 316 g/mol. The molecule has 0 aromatic heterocycles. The van der Waals surface area contributed by atoms with Crippen LogP contribution >= 0.6 is 0 Å². The molecule has 2 N–H and O–H groups in total. The minimum atomic E-state index is -4.27. The first kappa shape index (κ1) is 15.9. The SMILES string of the molecule is C=CCN(C1CCCC1)S(=O)(=O)c1c(F)cc(N)cc1F.